The van der Waals surface area contributed by atoms with Crippen molar-refractivity contribution in [2.45, 2.75) is 6.54 Å². The number of aliphatic hydroxyl groups is 1. The van der Waals surface area contributed by atoms with E-state index in [4.69, 9.17) is 5.11 Å². The minimum atomic E-state index is -0.560. The summed E-state index contributed by atoms with van der Waals surface area (Å²) in [6.45, 7) is 0.579. The van der Waals surface area contributed by atoms with Crippen LogP contribution in [0.5, 0.6) is 0 Å². The molecular formula is C10H14N4O3. The third kappa shape index (κ3) is 5.47. The van der Waals surface area contributed by atoms with Crippen LogP contribution in [0.4, 0.5) is 0 Å². The van der Waals surface area contributed by atoms with Gasteiger partial charge in [0.05, 0.1) is 11.5 Å². The fourth-order valence-electron chi connectivity index (χ4n) is 1.15. The lowest BCUT2D eigenvalue weighted by Gasteiger charge is -2.09. The van der Waals surface area contributed by atoms with Crippen LogP contribution in [0.2, 0.25) is 0 Å². The average molecular weight is 238 g/mol. The molecule has 0 aromatic carbocycles. The summed E-state index contributed by atoms with van der Waals surface area (Å²) in [5, 5.41) is 24.6. The van der Waals surface area contributed by atoms with Crippen molar-refractivity contribution in [3.05, 3.63) is 52.2 Å². The third-order valence-electron chi connectivity index (χ3n) is 1.87. The smallest absolute Gasteiger partial charge is 0.274 e. The van der Waals surface area contributed by atoms with E-state index in [2.05, 4.69) is 15.6 Å². The van der Waals surface area contributed by atoms with E-state index in [0.29, 0.717) is 6.54 Å². The molecule has 7 nitrogen and oxygen atoms in total. The molecule has 0 aliphatic carbocycles. The highest BCUT2D eigenvalue weighted by molar-refractivity contribution is 5.09. The molecule has 0 atom stereocenters. The SMILES string of the molecule is O=[N+]([O-])/C=C(\NCCO)NCc1cccnc1. The van der Waals surface area contributed by atoms with Crippen LogP contribution in [-0.2, 0) is 6.54 Å². The first-order valence-corrected chi connectivity index (χ1v) is 5.05. The fraction of sp³-hybridized carbons (Fsp3) is 0.300. The van der Waals surface area contributed by atoms with Crippen molar-refractivity contribution in [3.8, 4) is 0 Å². The van der Waals surface area contributed by atoms with Gasteiger partial charge in [-0.2, -0.15) is 0 Å². The Bertz CT molecular complexity index is 380. The van der Waals surface area contributed by atoms with E-state index in [1.54, 1.807) is 18.5 Å². The van der Waals surface area contributed by atoms with Crippen molar-refractivity contribution in [2.24, 2.45) is 0 Å². The number of nitrogens with zero attached hydrogens (tertiary/aromatic N) is 2. The van der Waals surface area contributed by atoms with Gasteiger partial charge in [0.2, 0.25) is 0 Å². The Kier molecular flexibility index (Phi) is 5.45. The Labute approximate surface area is 98.3 Å². The van der Waals surface area contributed by atoms with Crippen molar-refractivity contribution in [1.82, 2.24) is 15.6 Å². The lowest BCUT2D eigenvalue weighted by atomic mass is 10.3. The van der Waals surface area contributed by atoms with E-state index in [0.717, 1.165) is 11.8 Å². The maximum Gasteiger partial charge on any atom is 0.274 e. The molecule has 92 valence electrons. The highest BCUT2D eigenvalue weighted by Gasteiger charge is 2.01. The molecule has 1 aromatic heterocycles. The lowest BCUT2D eigenvalue weighted by molar-refractivity contribution is -0.404. The molecule has 0 aliphatic rings. The molecule has 0 saturated heterocycles. The summed E-state index contributed by atoms with van der Waals surface area (Å²) >= 11 is 0. The summed E-state index contributed by atoms with van der Waals surface area (Å²) in [4.78, 5) is 13.7. The topological polar surface area (TPSA) is 100 Å². The quantitative estimate of drug-likeness (QED) is 0.450. The lowest BCUT2D eigenvalue weighted by Crippen LogP contribution is -2.29. The molecule has 0 spiro atoms. The van der Waals surface area contributed by atoms with Gasteiger partial charge in [-0.15, -0.1) is 0 Å². The van der Waals surface area contributed by atoms with Crippen molar-refractivity contribution in [3.63, 3.8) is 0 Å². The van der Waals surface area contributed by atoms with Crippen molar-refractivity contribution < 1.29 is 10.0 Å². The first-order valence-electron chi connectivity index (χ1n) is 5.05. The number of pyridine rings is 1. The Morgan fingerprint density at radius 3 is 3.00 bits per heavy atom. The van der Waals surface area contributed by atoms with E-state index < -0.39 is 4.92 Å². The molecule has 1 rings (SSSR count). The average Bonchev–Trinajstić information content (AvgIpc) is 2.33. The highest BCUT2D eigenvalue weighted by atomic mass is 16.6. The summed E-state index contributed by atoms with van der Waals surface area (Å²) < 4.78 is 0. The molecule has 3 N–H and O–H groups in total. The predicted molar refractivity (Wildman–Crippen MR) is 61.2 cm³/mol. The third-order valence-corrected chi connectivity index (χ3v) is 1.87. The Morgan fingerprint density at radius 2 is 2.41 bits per heavy atom. The van der Waals surface area contributed by atoms with Crippen molar-refractivity contribution >= 4 is 0 Å². The van der Waals surface area contributed by atoms with Gasteiger partial charge in [-0.3, -0.25) is 15.1 Å². The van der Waals surface area contributed by atoms with Crippen molar-refractivity contribution in [1.29, 1.82) is 0 Å². The number of nitrogens with one attached hydrogen (secondary N) is 2. The zero-order valence-electron chi connectivity index (χ0n) is 9.17. The van der Waals surface area contributed by atoms with E-state index in [9.17, 15) is 10.1 Å². The van der Waals surface area contributed by atoms with Gasteiger partial charge in [-0.25, -0.2) is 0 Å². The van der Waals surface area contributed by atoms with Gasteiger partial charge < -0.3 is 15.7 Å². The molecule has 0 saturated carbocycles. The van der Waals surface area contributed by atoms with Gasteiger partial charge >= 0.3 is 0 Å². The monoisotopic (exact) mass is 238 g/mol. The molecule has 0 unspecified atom stereocenters. The van der Waals surface area contributed by atoms with Gasteiger partial charge in [0.1, 0.15) is 0 Å². The number of hydrogen-bond donors (Lipinski definition) is 3. The molecule has 1 aromatic rings. The maximum atomic E-state index is 10.4. The summed E-state index contributed by atoms with van der Waals surface area (Å²) in [7, 11) is 0. The van der Waals surface area contributed by atoms with Gasteiger partial charge in [0.15, 0.2) is 5.82 Å². The van der Waals surface area contributed by atoms with Crippen LogP contribution >= 0.6 is 0 Å². The van der Waals surface area contributed by atoms with Gasteiger partial charge in [0.25, 0.3) is 6.20 Å². The number of nitro groups is 1. The number of aromatic nitrogens is 1. The van der Waals surface area contributed by atoms with Crippen LogP contribution in [0, 0.1) is 10.1 Å². The summed E-state index contributed by atoms with van der Waals surface area (Å²) in [5.74, 6) is 0.257. The van der Waals surface area contributed by atoms with Crippen LogP contribution < -0.4 is 10.6 Å². The highest BCUT2D eigenvalue weighted by Crippen LogP contribution is 1.96. The van der Waals surface area contributed by atoms with E-state index in [-0.39, 0.29) is 19.0 Å². The van der Waals surface area contributed by atoms with E-state index in [1.807, 2.05) is 6.07 Å². The first kappa shape index (κ1) is 12.9. The second-order valence-electron chi connectivity index (χ2n) is 3.19. The minimum absolute atomic E-state index is 0.0936. The number of hydrogen-bond acceptors (Lipinski definition) is 6. The van der Waals surface area contributed by atoms with Crippen LogP contribution in [0.15, 0.2) is 36.5 Å². The second-order valence-corrected chi connectivity index (χ2v) is 3.19. The molecule has 0 fully saturated rings. The number of rotatable bonds is 7. The zero-order valence-corrected chi connectivity index (χ0v) is 9.17. The summed E-state index contributed by atoms with van der Waals surface area (Å²) in [5.41, 5.74) is 0.910. The van der Waals surface area contributed by atoms with Gasteiger partial charge in [-0.1, -0.05) is 6.07 Å². The minimum Gasteiger partial charge on any atom is -0.395 e. The number of aliphatic hydroxyl groups excluding tert-OH is 1. The largest absolute Gasteiger partial charge is 0.395 e. The Hall–Kier alpha value is -2.15. The molecule has 0 amide bonds. The predicted octanol–water partition coefficient (Wildman–Crippen LogP) is -0.171. The van der Waals surface area contributed by atoms with Crippen LogP contribution in [0.1, 0.15) is 5.56 Å². The van der Waals surface area contributed by atoms with Crippen LogP contribution in [0.25, 0.3) is 0 Å². The first-order chi connectivity index (χ1) is 8.22. The van der Waals surface area contributed by atoms with E-state index >= 15 is 0 Å². The molecule has 0 bridgehead atoms. The normalized spacial score (nSPS) is 11.0. The summed E-state index contributed by atoms with van der Waals surface area (Å²) in [6.07, 6.45) is 4.15. The molecule has 1 heterocycles. The maximum absolute atomic E-state index is 10.4. The molecular weight excluding hydrogens is 224 g/mol. The van der Waals surface area contributed by atoms with Crippen LogP contribution in [0.3, 0.4) is 0 Å². The van der Waals surface area contributed by atoms with Crippen molar-refractivity contribution in [2.75, 3.05) is 13.2 Å². The summed E-state index contributed by atoms with van der Waals surface area (Å²) in [6, 6.07) is 3.64. The molecule has 7 heteroatoms. The van der Waals surface area contributed by atoms with Gasteiger partial charge in [0, 0.05) is 25.5 Å². The molecule has 0 radical (unpaired) electrons. The second kappa shape index (κ2) is 7.18. The molecule has 0 aliphatic heterocycles. The van der Waals surface area contributed by atoms with Crippen LogP contribution in [-0.4, -0.2) is 28.2 Å². The Morgan fingerprint density at radius 1 is 1.59 bits per heavy atom. The molecule has 17 heavy (non-hydrogen) atoms. The standard InChI is InChI=1S/C10H14N4O3/c15-5-4-12-10(8-14(16)17)13-7-9-2-1-3-11-6-9/h1-3,6,8,12-13,15H,4-5,7H2/b10-8+. The Balaban J connectivity index is 2.52. The van der Waals surface area contributed by atoms with E-state index in [1.165, 1.54) is 0 Å². The zero-order chi connectivity index (χ0) is 12.5. The van der Waals surface area contributed by atoms with Gasteiger partial charge in [-0.05, 0) is 11.6 Å². The fourth-order valence-corrected chi connectivity index (χ4v) is 1.15.